The number of nitrogens with two attached hydrogens (primary N) is 1. The number of benzene rings is 1. The average Bonchev–Trinajstić information content (AvgIpc) is 2.91. The van der Waals surface area contributed by atoms with E-state index < -0.39 is 0 Å². The fourth-order valence-electron chi connectivity index (χ4n) is 3.42. The standard InChI is InChI=1S/C18H24N4O2/c1-11(2)17-20-14-10-13(4-5-15(14)21(17)3)18(24)22-8-6-12(7-9-22)16(19)23/h4-5,10-12H,6-9H2,1-3H3,(H2,19,23). The molecular weight excluding hydrogens is 304 g/mol. The second kappa shape index (κ2) is 6.26. The minimum absolute atomic E-state index is 0.00318. The Morgan fingerprint density at radius 1 is 1.25 bits per heavy atom. The SMILES string of the molecule is CC(C)c1nc2cc(C(=O)N3CCC(C(N)=O)CC3)ccc2n1C. The lowest BCUT2D eigenvalue weighted by atomic mass is 9.96. The van der Waals surface area contributed by atoms with Gasteiger partial charge in [-0.3, -0.25) is 9.59 Å². The number of nitrogens with zero attached hydrogens (tertiary/aromatic N) is 3. The second-order valence-electron chi connectivity index (χ2n) is 6.86. The number of fused-ring (bicyclic) bond motifs is 1. The summed E-state index contributed by atoms with van der Waals surface area (Å²) in [7, 11) is 2.00. The third kappa shape index (κ3) is 2.88. The minimum atomic E-state index is -0.266. The van der Waals surface area contributed by atoms with E-state index in [1.165, 1.54) is 0 Å². The third-order valence-electron chi connectivity index (χ3n) is 4.86. The first kappa shape index (κ1) is 16.5. The topological polar surface area (TPSA) is 81.2 Å². The van der Waals surface area contributed by atoms with E-state index in [0.717, 1.165) is 16.9 Å². The summed E-state index contributed by atoms with van der Waals surface area (Å²) in [5.41, 5.74) is 7.87. The summed E-state index contributed by atoms with van der Waals surface area (Å²) < 4.78 is 2.08. The van der Waals surface area contributed by atoms with Gasteiger partial charge in [-0.05, 0) is 31.0 Å². The number of hydrogen-bond donors (Lipinski definition) is 1. The number of aromatic nitrogens is 2. The van der Waals surface area contributed by atoms with Gasteiger partial charge in [0.25, 0.3) is 5.91 Å². The summed E-state index contributed by atoms with van der Waals surface area (Å²) in [6.07, 6.45) is 1.29. The number of carbonyl (C=O) groups is 2. The molecular formula is C18H24N4O2. The molecule has 0 atom stereocenters. The number of rotatable bonds is 3. The first-order chi connectivity index (χ1) is 11.4. The lowest BCUT2D eigenvalue weighted by Gasteiger charge is -2.30. The van der Waals surface area contributed by atoms with Crippen LogP contribution in [0.5, 0.6) is 0 Å². The largest absolute Gasteiger partial charge is 0.369 e. The Kier molecular flexibility index (Phi) is 4.30. The van der Waals surface area contributed by atoms with Crippen LogP contribution in [-0.4, -0.2) is 39.4 Å². The number of imidazole rings is 1. The molecule has 1 saturated heterocycles. The van der Waals surface area contributed by atoms with Crippen LogP contribution in [0.2, 0.25) is 0 Å². The molecule has 3 rings (SSSR count). The van der Waals surface area contributed by atoms with Crippen LogP contribution in [0.3, 0.4) is 0 Å². The van der Waals surface area contributed by atoms with Crippen molar-refractivity contribution in [3.8, 4) is 0 Å². The van der Waals surface area contributed by atoms with Gasteiger partial charge >= 0.3 is 0 Å². The highest BCUT2D eigenvalue weighted by Crippen LogP contribution is 2.23. The molecule has 0 unspecified atom stereocenters. The summed E-state index contributed by atoms with van der Waals surface area (Å²) in [6.45, 7) is 5.36. The molecule has 6 heteroatoms. The molecule has 2 heterocycles. The van der Waals surface area contributed by atoms with Crippen molar-refractivity contribution in [3.63, 3.8) is 0 Å². The minimum Gasteiger partial charge on any atom is -0.369 e. The van der Waals surface area contributed by atoms with Crippen LogP contribution in [-0.2, 0) is 11.8 Å². The van der Waals surface area contributed by atoms with E-state index in [1.54, 1.807) is 4.90 Å². The van der Waals surface area contributed by atoms with Crippen LogP contribution in [0.1, 0.15) is 48.8 Å². The van der Waals surface area contributed by atoms with Gasteiger partial charge in [0.15, 0.2) is 0 Å². The first-order valence-corrected chi connectivity index (χ1v) is 8.43. The van der Waals surface area contributed by atoms with E-state index in [2.05, 4.69) is 23.4 Å². The molecule has 2 aromatic rings. The molecule has 0 aliphatic carbocycles. The maximum absolute atomic E-state index is 12.7. The molecule has 2 N–H and O–H groups in total. The lowest BCUT2D eigenvalue weighted by Crippen LogP contribution is -2.41. The molecule has 24 heavy (non-hydrogen) atoms. The Labute approximate surface area is 141 Å². The quantitative estimate of drug-likeness (QED) is 0.936. The van der Waals surface area contributed by atoms with Crippen molar-refractivity contribution in [2.75, 3.05) is 13.1 Å². The molecule has 1 aliphatic heterocycles. The number of hydrogen-bond acceptors (Lipinski definition) is 3. The summed E-state index contributed by atoms with van der Waals surface area (Å²) in [6, 6.07) is 5.68. The van der Waals surface area contributed by atoms with Gasteiger partial charge in [0.1, 0.15) is 5.82 Å². The van der Waals surface area contributed by atoms with Crippen LogP contribution in [0.15, 0.2) is 18.2 Å². The van der Waals surface area contributed by atoms with E-state index in [4.69, 9.17) is 5.73 Å². The van der Waals surface area contributed by atoms with Crippen molar-refractivity contribution >= 4 is 22.8 Å². The lowest BCUT2D eigenvalue weighted by molar-refractivity contribution is -0.123. The Balaban J connectivity index is 1.82. The van der Waals surface area contributed by atoms with Gasteiger partial charge in [0, 0.05) is 37.5 Å². The molecule has 1 fully saturated rings. The molecule has 128 valence electrons. The van der Waals surface area contributed by atoms with E-state index >= 15 is 0 Å². The summed E-state index contributed by atoms with van der Waals surface area (Å²) in [4.78, 5) is 30.4. The van der Waals surface area contributed by atoms with Crippen molar-refractivity contribution in [2.24, 2.45) is 18.7 Å². The highest BCUT2D eigenvalue weighted by Gasteiger charge is 2.26. The first-order valence-electron chi connectivity index (χ1n) is 8.43. The summed E-state index contributed by atoms with van der Waals surface area (Å²) in [5.74, 6) is 0.960. The van der Waals surface area contributed by atoms with Crippen molar-refractivity contribution < 1.29 is 9.59 Å². The molecule has 1 aliphatic rings. The zero-order valence-electron chi connectivity index (χ0n) is 14.5. The third-order valence-corrected chi connectivity index (χ3v) is 4.86. The highest BCUT2D eigenvalue weighted by molar-refractivity contribution is 5.97. The number of likely N-dealkylation sites (tertiary alicyclic amines) is 1. The van der Waals surface area contributed by atoms with E-state index in [0.29, 0.717) is 37.4 Å². The van der Waals surface area contributed by atoms with Gasteiger partial charge in [0.2, 0.25) is 5.91 Å². The predicted octanol–water partition coefficient (Wildman–Crippen LogP) is 2.03. The number of primary amides is 1. The molecule has 0 spiro atoms. The molecule has 0 saturated carbocycles. The Hall–Kier alpha value is -2.37. The molecule has 2 amide bonds. The number of amides is 2. The maximum atomic E-state index is 12.7. The Bertz CT molecular complexity index is 786. The average molecular weight is 328 g/mol. The molecule has 0 radical (unpaired) electrons. The van der Waals surface area contributed by atoms with Gasteiger partial charge < -0.3 is 15.2 Å². The molecule has 1 aromatic heterocycles. The van der Waals surface area contributed by atoms with Crippen LogP contribution in [0.4, 0.5) is 0 Å². The van der Waals surface area contributed by atoms with Crippen molar-refractivity contribution in [1.82, 2.24) is 14.5 Å². The van der Waals surface area contributed by atoms with E-state index in [9.17, 15) is 9.59 Å². The van der Waals surface area contributed by atoms with Crippen LogP contribution in [0, 0.1) is 5.92 Å². The number of piperidine rings is 1. The Morgan fingerprint density at radius 2 is 1.92 bits per heavy atom. The van der Waals surface area contributed by atoms with Gasteiger partial charge in [-0.1, -0.05) is 13.8 Å². The smallest absolute Gasteiger partial charge is 0.253 e. The highest BCUT2D eigenvalue weighted by atomic mass is 16.2. The second-order valence-corrected chi connectivity index (χ2v) is 6.86. The monoisotopic (exact) mass is 328 g/mol. The van der Waals surface area contributed by atoms with Crippen LogP contribution in [0.25, 0.3) is 11.0 Å². The van der Waals surface area contributed by atoms with Crippen LogP contribution < -0.4 is 5.73 Å². The van der Waals surface area contributed by atoms with Gasteiger partial charge in [-0.15, -0.1) is 0 Å². The maximum Gasteiger partial charge on any atom is 0.253 e. The number of carbonyl (C=O) groups excluding carboxylic acids is 2. The van der Waals surface area contributed by atoms with Gasteiger partial charge in [0.05, 0.1) is 11.0 Å². The van der Waals surface area contributed by atoms with E-state index in [1.807, 2.05) is 25.2 Å². The fourth-order valence-corrected chi connectivity index (χ4v) is 3.42. The van der Waals surface area contributed by atoms with Gasteiger partial charge in [-0.25, -0.2) is 4.98 Å². The normalized spacial score (nSPS) is 16.1. The molecule has 0 bridgehead atoms. The van der Waals surface area contributed by atoms with Crippen molar-refractivity contribution in [1.29, 1.82) is 0 Å². The molecule has 1 aromatic carbocycles. The Morgan fingerprint density at radius 3 is 2.50 bits per heavy atom. The summed E-state index contributed by atoms with van der Waals surface area (Å²) >= 11 is 0. The van der Waals surface area contributed by atoms with Crippen molar-refractivity contribution in [3.05, 3.63) is 29.6 Å². The van der Waals surface area contributed by atoms with Gasteiger partial charge in [-0.2, -0.15) is 0 Å². The zero-order valence-corrected chi connectivity index (χ0v) is 14.5. The number of aryl methyl sites for hydroxylation is 1. The van der Waals surface area contributed by atoms with Crippen molar-refractivity contribution in [2.45, 2.75) is 32.6 Å². The fraction of sp³-hybridized carbons (Fsp3) is 0.500. The molecule has 6 nitrogen and oxygen atoms in total. The summed E-state index contributed by atoms with van der Waals surface area (Å²) in [5, 5.41) is 0. The van der Waals surface area contributed by atoms with Crippen LogP contribution >= 0.6 is 0 Å². The van der Waals surface area contributed by atoms with E-state index in [-0.39, 0.29) is 17.7 Å². The predicted molar refractivity (Wildman–Crippen MR) is 92.6 cm³/mol. The zero-order chi connectivity index (χ0) is 17.4.